The van der Waals surface area contributed by atoms with Crippen molar-refractivity contribution in [3.05, 3.63) is 62.1 Å². The van der Waals surface area contributed by atoms with Gasteiger partial charge in [0.1, 0.15) is 11.4 Å². The Labute approximate surface area is 147 Å². The van der Waals surface area contributed by atoms with Crippen LogP contribution in [-0.4, -0.2) is 16.5 Å². The highest BCUT2D eigenvalue weighted by Crippen LogP contribution is 2.38. The van der Waals surface area contributed by atoms with Gasteiger partial charge in [-0.15, -0.1) is 0 Å². The summed E-state index contributed by atoms with van der Waals surface area (Å²) in [6, 6.07) is 5.63. The lowest BCUT2D eigenvalue weighted by Gasteiger charge is -2.17. The molecule has 0 aliphatic carbocycles. The molecule has 1 aliphatic heterocycles. The number of hydrogen-bond acceptors (Lipinski definition) is 3. The molecule has 132 valence electrons. The van der Waals surface area contributed by atoms with E-state index in [1.165, 1.54) is 0 Å². The molecule has 5 nitrogen and oxygen atoms in total. The van der Waals surface area contributed by atoms with Gasteiger partial charge in [-0.1, -0.05) is 0 Å². The molecule has 1 amide bonds. The van der Waals surface area contributed by atoms with Gasteiger partial charge in [-0.2, -0.15) is 0 Å². The summed E-state index contributed by atoms with van der Waals surface area (Å²) in [6.07, 6.45) is 0.779. The summed E-state index contributed by atoms with van der Waals surface area (Å²) in [6.45, 7) is 9.96. The Hall–Kier alpha value is -2.56. The third-order valence-corrected chi connectivity index (χ3v) is 4.53. The maximum absolute atomic E-state index is 12.6. The molecular weight excluding hydrogens is 316 g/mol. The monoisotopic (exact) mass is 340 g/mol. The first-order valence-electron chi connectivity index (χ1n) is 8.46. The zero-order valence-corrected chi connectivity index (χ0v) is 15.4. The Balaban J connectivity index is 1.80. The number of hydrogen-bond donors (Lipinski definition) is 2. The number of amides is 1. The van der Waals surface area contributed by atoms with Gasteiger partial charge in [-0.05, 0) is 69.5 Å². The fourth-order valence-corrected chi connectivity index (χ4v) is 3.40. The standard InChI is InChI=1S/C20H24N2O3/c1-11-6-13(3)22-19(24)16(11)10-21-18(23)14-7-12(2)17-15(8-14)9-20(4,5)25-17/h6-8H,9-10H2,1-5H3,(H,21,23)(H,22,24). The van der Waals surface area contributed by atoms with Gasteiger partial charge in [0.15, 0.2) is 0 Å². The molecule has 2 heterocycles. The number of aromatic nitrogens is 1. The van der Waals surface area contributed by atoms with Gasteiger partial charge >= 0.3 is 0 Å². The molecule has 3 rings (SSSR count). The van der Waals surface area contributed by atoms with Gasteiger partial charge in [-0.3, -0.25) is 9.59 Å². The molecule has 0 bridgehead atoms. The van der Waals surface area contributed by atoms with Gasteiger partial charge in [0, 0.05) is 29.8 Å². The van der Waals surface area contributed by atoms with Crippen LogP contribution < -0.4 is 15.6 Å². The smallest absolute Gasteiger partial charge is 0.253 e. The fraction of sp³-hybridized carbons (Fsp3) is 0.400. The van der Waals surface area contributed by atoms with E-state index >= 15 is 0 Å². The lowest BCUT2D eigenvalue weighted by atomic mass is 9.98. The number of aryl methyl sites for hydroxylation is 3. The molecule has 0 spiro atoms. The number of nitrogens with one attached hydrogen (secondary N) is 2. The third kappa shape index (κ3) is 3.45. The molecule has 5 heteroatoms. The van der Waals surface area contributed by atoms with E-state index in [0.717, 1.165) is 34.6 Å². The molecule has 1 aromatic heterocycles. The van der Waals surface area contributed by atoms with Gasteiger partial charge in [0.2, 0.25) is 0 Å². The second kappa shape index (κ2) is 6.06. The van der Waals surface area contributed by atoms with Crippen LogP contribution in [0.4, 0.5) is 0 Å². The topological polar surface area (TPSA) is 71.2 Å². The number of ether oxygens (including phenoxy) is 1. The second-order valence-electron chi connectivity index (χ2n) is 7.45. The van der Waals surface area contributed by atoms with Crippen LogP contribution in [-0.2, 0) is 13.0 Å². The number of aromatic amines is 1. The van der Waals surface area contributed by atoms with E-state index in [-0.39, 0.29) is 23.6 Å². The lowest BCUT2D eigenvalue weighted by Crippen LogP contribution is -2.28. The summed E-state index contributed by atoms with van der Waals surface area (Å²) < 4.78 is 5.95. The first-order valence-corrected chi connectivity index (χ1v) is 8.46. The molecular formula is C20H24N2O3. The molecule has 1 aliphatic rings. The number of H-pyrrole nitrogens is 1. The number of rotatable bonds is 3. The van der Waals surface area contributed by atoms with Crippen molar-refractivity contribution < 1.29 is 9.53 Å². The molecule has 2 N–H and O–H groups in total. The highest BCUT2D eigenvalue weighted by atomic mass is 16.5. The van der Waals surface area contributed by atoms with Crippen molar-refractivity contribution in [3.63, 3.8) is 0 Å². The Morgan fingerprint density at radius 3 is 2.60 bits per heavy atom. The van der Waals surface area contributed by atoms with Gasteiger partial charge < -0.3 is 15.0 Å². The van der Waals surface area contributed by atoms with Crippen molar-refractivity contribution in [2.45, 2.75) is 53.2 Å². The summed E-state index contributed by atoms with van der Waals surface area (Å²) in [5, 5.41) is 2.86. The van der Waals surface area contributed by atoms with Crippen LogP contribution in [0.5, 0.6) is 5.75 Å². The van der Waals surface area contributed by atoms with E-state index in [1.54, 1.807) is 0 Å². The van der Waals surface area contributed by atoms with Crippen LogP contribution in [0.15, 0.2) is 23.0 Å². The predicted octanol–water partition coefficient (Wildman–Crippen LogP) is 2.94. The van der Waals surface area contributed by atoms with Crippen LogP contribution in [0.3, 0.4) is 0 Å². The highest BCUT2D eigenvalue weighted by molar-refractivity contribution is 5.95. The number of pyridine rings is 1. The molecule has 25 heavy (non-hydrogen) atoms. The summed E-state index contributed by atoms with van der Waals surface area (Å²) in [5.74, 6) is 0.697. The fourth-order valence-electron chi connectivity index (χ4n) is 3.40. The minimum atomic E-state index is -0.242. The maximum Gasteiger partial charge on any atom is 0.253 e. The first-order chi connectivity index (χ1) is 11.7. The van der Waals surface area contributed by atoms with Gasteiger partial charge in [-0.25, -0.2) is 0 Å². The van der Waals surface area contributed by atoms with Crippen molar-refractivity contribution in [3.8, 4) is 5.75 Å². The van der Waals surface area contributed by atoms with Crippen molar-refractivity contribution in [2.24, 2.45) is 0 Å². The molecule has 0 saturated carbocycles. The number of benzene rings is 1. The Morgan fingerprint density at radius 2 is 1.92 bits per heavy atom. The lowest BCUT2D eigenvalue weighted by molar-refractivity contribution is 0.0950. The number of carbonyl (C=O) groups excluding carboxylic acids is 1. The quantitative estimate of drug-likeness (QED) is 0.902. The van der Waals surface area contributed by atoms with Crippen molar-refractivity contribution in [1.29, 1.82) is 0 Å². The third-order valence-electron chi connectivity index (χ3n) is 4.53. The molecule has 1 aromatic carbocycles. The first kappa shape index (κ1) is 17.3. The SMILES string of the molecule is Cc1cc(C)c(CNC(=O)c2cc(C)c3c(c2)CC(C)(C)O3)c(=O)[nH]1. The van der Waals surface area contributed by atoms with Crippen LogP contribution in [0.25, 0.3) is 0 Å². The van der Waals surface area contributed by atoms with Crippen LogP contribution in [0.1, 0.15) is 52.2 Å². The van der Waals surface area contributed by atoms with Gasteiger partial charge in [0.05, 0.1) is 0 Å². The van der Waals surface area contributed by atoms with Crippen molar-refractivity contribution in [1.82, 2.24) is 10.3 Å². The zero-order valence-electron chi connectivity index (χ0n) is 15.4. The Bertz CT molecular complexity index is 910. The molecule has 0 unspecified atom stereocenters. The molecule has 0 saturated heterocycles. The predicted molar refractivity (Wildman–Crippen MR) is 97.3 cm³/mol. The number of fused-ring (bicyclic) bond motifs is 1. The Morgan fingerprint density at radius 1 is 1.20 bits per heavy atom. The summed E-state index contributed by atoms with van der Waals surface area (Å²) >= 11 is 0. The largest absolute Gasteiger partial charge is 0.487 e. The maximum atomic E-state index is 12.6. The average Bonchev–Trinajstić information content (AvgIpc) is 2.80. The van der Waals surface area contributed by atoms with Gasteiger partial charge in [0.25, 0.3) is 11.5 Å². The minimum absolute atomic E-state index is 0.155. The zero-order chi connectivity index (χ0) is 18.4. The summed E-state index contributed by atoms with van der Waals surface area (Å²) in [5.41, 5.74) is 4.49. The molecule has 2 aromatic rings. The van der Waals surface area contributed by atoms with E-state index in [4.69, 9.17) is 4.74 Å². The second-order valence-corrected chi connectivity index (χ2v) is 7.45. The molecule has 0 radical (unpaired) electrons. The summed E-state index contributed by atoms with van der Waals surface area (Å²) in [4.78, 5) is 27.4. The van der Waals surface area contributed by atoms with E-state index < -0.39 is 0 Å². The average molecular weight is 340 g/mol. The van der Waals surface area contributed by atoms with E-state index in [1.807, 2.05) is 52.8 Å². The highest BCUT2D eigenvalue weighted by Gasteiger charge is 2.31. The van der Waals surface area contributed by atoms with Crippen LogP contribution >= 0.6 is 0 Å². The minimum Gasteiger partial charge on any atom is -0.487 e. The van der Waals surface area contributed by atoms with Crippen LogP contribution in [0, 0.1) is 20.8 Å². The van der Waals surface area contributed by atoms with Crippen molar-refractivity contribution in [2.75, 3.05) is 0 Å². The molecule has 0 fully saturated rings. The van der Waals surface area contributed by atoms with E-state index in [2.05, 4.69) is 10.3 Å². The summed E-state index contributed by atoms with van der Waals surface area (Å²) in [7, 11) is 0. The normalized spacial score (nSPS) is 14.8. The van der Waals surface area contributed by atoms with E-state index in [9.17, 15) is 9.59 Å². The molecule has 0 atom stereocenters. The van der Waals surface area contributed by atoms with Crippen molar-refractivity contribution >= 4 is 5.91 Å². The Kier molecular flexibility index (Phi) is 4.19. The van der Waals surface area contributed by atoms with E-state index in [0.29, 0.717) is 11.1 Å². The number of carbonyl (C=O) groups is 1. The van der Waals surface area contributed by atoms with Crippen LogP contribution in [0.2, 0.25) is 0 Å².